The highest BCUT2D eigenvalue weighted by Crippen LogP contribution is 2.26. The number of nitrogens with zero attached hydrogens (tertiary/aromatic N) is 1. The molecule has 3 aromatic carbocycles. The topological polar surface area (TPSA) is 61.4 Å². The Hall–Kier alpha value is -3.60. The number of amides is 3. The lowest BCUT2D eigenvalue weighted by Crippen LogP contribution is -2.35. The van der Waals surface area contributed by atoms with Gasteiger partial charge in [0, 0.05) is 24.5 Å². The Bertz CT molecular complexity index is 1050. The third-order valence-electron chi connectivity index (χ3n) is 5.75. The maximum atomic E-state index is 12.9. The number of urea groups is 1. The molecule has 2 N–H and O–H groups in total. The van der Waals surface area contributed by atoms with Crippen LogP contribution in [0, 0.1) is 0 Å². The van der Waals surface area contributed by atoms with Crippen molar-refractivity contribution >= 4 is 23.3 Å². The molecule has 3 amide bonds. The largest absolute Gasteiger partial charge is 0.355 e. The maximum Gasteiger partial charge on any atom is 0.326 e. The molecule has 4 rings (SSSR count). The summed E-state index contributed by atoms with van der Waals surface area (Å²) in [5, 5.41) is 5.97. The second-order valence-electron chi connectivity index (χ2n) is 8.13. The first-order chi connectivity index (χ1) is 15.7. The van der Waals surface area contributed by atoms with Gasteiger partial charge in [-0.3, -0.25) is 9.69 Å². The minimum atomic E-state index is -0.120. The van der Waals surface area contributed by atoms with Crippen molar-refractivity contribution in [1.82, 2.24) is 5.32 Å². The summed E-state index contributed by atoms with van der Waals surface area (Å²) in [6.07, 6.45) is 4.21. The van der Waals surface area contributed by atoms with Crippen LogP contribution in [0.2, 0.25) is 0 Å². The van der Waals surface area contributed by atoms with Crippen LogP contribution in [0.4, 0.5) is 16.2 Å². The molecular formula is C27H29N3O2. The Morgan fingerprint density at radius 3 is 2.38 bits per heavy atom. The molecule has 0 bridgehead atoms. The van der Waals surface area contributed by atoms with Gasteiger partial charge in [0.25, 0.3) is 0 Å². The van der Waals surface area contributed by atoms with E-state index < -0.39 is 0 Å². The zero-order chi connectivity index (χ0) is 22.2. The number of carbonyl (C=O) groups is 2. The Labute approximate surface area is 189 Å². The first kappa shape index (κ1) is 21.6. The fourth-order valence-corrected chi connectivity index (χ4v) is 4.04. The second kappa shape index (κ2) is 10.6. The van der Waals surface area contributed by atoms with E-state index >= 15 is 0 Å². The average molecular weight is 428 g/mol. The minimum Gasteiger partial charge on any atom is -0.355 e. The minimum absolute atomic E-state index is 0.00103. The summed E-state index contributed by atoms with van der Waals surface area (Å²) in [4.78, 5) is 27.0. The van der Waals surface area contributed by atoms with Gasteiger partial charge in [0.05, 0.1) is 6.42 Å². The normalized spacial score (nSPS) is 13.1. The Kier molecular flexibility index (Phi) is 7.18. The molecule has 5 nitrogen and oxygen atoms in total. The van der Waals surface area contributed by atoms with Gasteiger partial charge in [0.15, 0.2) is 0 Å². The van der Waals surface area contributed by atoms with Crippen molar-refractivity contribution in [3.05, 3.63) is 95.6 Å². The number of fused-ring (bicyclic) bond motifs is 1. The molecule has 32 heavy (non-hydrogen) atoms. The highest BCUT2D eigenvalue weighted by Gasteiger charge is 2.20. The number of nitrogens with one attached hydrogen (secondary N) is 2. The van der Waals surface area contributed by atoms with Gasteiger partial charge in [-0.05, 0) is 60.6 Å². The number of anilines is 2. The van der Waals surface area contributed by atoms with Crippen LogP contribution in [-0.2, 0) is 24.1 Å². The lowest BCUT2D eigenvalue weighted by Gasteiger charge is -2.23. The SMILES string of the molecule is O=C(Cc1ccc(NC(=O)N2CCCCc3ccccc32)cc1)NCCc1ccccc1. The van der Waals surface area contributed by atoms with Crippen LogP contribution in [0.1, 0.15) is 29.5 Å². The van der Waals surface area contributed by atoms with Crippen molar-refractivity contribution in [3.8, 4) is 0 Å². The molecule has 0 aliphatic carbocycles. The fourth-order valence-electron chi connectivity index (χ4n) is 4.04. The summed E-state index contributed by atoms with van der Waals surface area (Å²) in [6.45, 7) is 1.33. The molecule has 164 valence electrons. The van der Waals surface area contributed by atoms with Crippen LogP contribution in [-0.4, -0.2) is 25.0 Å². The fraction of sp³-hybridized carbons (Fsp3) is 0.259. The Morgan fingerprint density at radius 1 is 0.812 bits per heavy atom. The van der Waals surface area contributed by atoms with Crippen molar-refractivity contribution < 1.29 is 9.59 Å². The number of benzene rings is 3. The van der Waals surface area contributed by atoms with Crippen molar-refractivity contribution in [2.75, 3.05) is 23.3 Å². The highest BCUT2D eigenvalue weighted by molar-refractivity contribution is 6.02. The van der Waals surface area contributed by atoms with Gasteiger partial charge in [0.1, 0.15) is 0 Å². The van der Waals surface area contributed by atoms with Crippen LogP contribution in [0.3, 0.4) is 0 Å². The van der Waals surface area contributed by atoms with E-state index in [1.165, 1.54) is 11.1 Å². The molecule has 0 saturated heterocycles. The molecular weight excluding hydrogens is 398 g/mol. The second-order valence-corrected chi connectivity index (χ2v) is 8.13. The van der Waals surface area contributed by atoms with E-state index in [2.05, 4.69) is 28.8 Å². The van der Waals surface area contributed by atoms with E-state index in [1.807, 2.05) is 65.6 Å². The molecule has 0 aromatic heterocycles. The van der Waals surface area contributed by atoms with E-state index in [0.29, 0.717) is 19.5 Å². The molecule has 0 radical (unpaired) electrons. The van der Waals surface area contributed by atoms with E-state index in [-0.39, 0.29) is 11.9 Å². The third-order valence-corrected chi connectivity index (χ3v) is 5.75. The van der Waals surface area contributed by atoms with Crippen molar-refractivity contribution in [3.63, 3.8) is 0 Å². The van der Waals surface area contributed by atoms with E-state index in [4.69, 9.17) is 0 Å². The Balaban J connectivity index is 1.29. The van der Waals surface area contributed by atoms with Crippen LogP contribution >= 0.6 is 0 Å². The number of hydrogen-bond acceptors (Lipinski definition) is 2. The van der Waals surface area contributed by atoms with E-state index in [9.17, 15) is 9.59 Å². The molecule has 3 aromatic rings. The molecule has 1 aliphatic heterocycles. The van der Waals surface area contributed by atoms with Crippen LogP contribution in [0.15, 0.2) is 78.9 Å². The summed E-state index contributed by atoms with van der Waals surface area (Å²) in [5.74, 6) is -0.00103. The Morgan fingerprint density at radius 2 is 1.56 bits per heavy atom. The van der Waals surface area contributed by atoms with Gasteiger partial charge >= 0.3 is 6.03 Å². The standard InChI is InChI=1S/C27H29N3O2/c31-26(28-18-17-21-8-2-1-3-9-21)20-22-13-15-24(16-14-22)29-27(32)30-19-7-6-11-23-10-4-5-12-25(23)30/h1-5,8-10,12-16H,6-7,11,17-20H2,(H,28,31)(H,29,32). The van der Waals surface area contributed by atoms with Gasteiger partial charge in [-0.1, -0.05) is 60.7 Å². The first-order valence-electron chi connectivity index (χ1n) is 11.2. The number of aryl methyl sites for hydroxylation is 1. The lowest BCUT2D eigenvalue weighted by molar-refractivity contribution is -0.120. The molecule has 0 atom stereocenters. The van der Waals surface area contributed by atoms with Crippen LogP contribution in [0.5, 0.6) is 0 Å². The van der Waals surface area contributed by atoms with Crippen LogP contribution < -0.4 is 15.5 Å². The molecule has 0 fully saturated rings. The molecule has 5 heteroatoms. The molecule has 0 spiro atoms. The summed E-state index contributed by atoms with van der Waals surface area (Å²) < 4.78 is 0. The molecule has 0 saturated carbocycles. The third kappa shape index (κ3) is 5.76. The quantitative estimate of drug-likeness (QED) is 0.584. The summed E-state index contributed by atoms with van der Waals surface area (Å²) in [5.41, 5.74) is 5.06. The number of para-hydroxylation sites is 1. The summed E-state index contributed by atoms with van der Waals surface area (Å²) >= 11 is 0. The highest BCUT2D eigenvalue weighted by atomic mass is 16.2. The van der Waals surface area contributed by atoms with Gasteiger partial charge in [-0.25, -0.2) is 4.79 Å². The van der Waals surface area contributed by atoms with Gasteiger partial charge in [-0.2, -0.15) is 0 Å². The van der Waals surface area contributed by atoms with Crippen molar-refractivity contribution in [1.29, 1.82) is 0 Å². The van der Waals surface area contributed by atoms with Crippen molar-refractivity contribution in [2.45, 2.75) is 32.1 Å². The first-order valence-corrected chi connectivity index (χ1v) is 11.2. The maximum absolute atomic E-state index is 12.9. The molecule has 1 heterocycles. The predicted molar refractivity (Wildman–Crippen MR) is 129 cm³/mol. The smallest absolute Gasteiger partial charge is 0.326 e. The van der Waals surface area contributed by atoms with E-state index in [1.54, 1.807) is 0 Å². The zero-order valence-corrected chi connectivity index (χ0v) is 18.2. The van der Waals surface area contributed by atoms with Crippen LogP contribution in [0.25, 0.3) is 0 Å². The number of hydrogen-bond donors (Lipinski definition) is 2. The average Bonchev–Trinajstić information content (AvgIpc) is 3.04. The monoisotopic (exact) mass is 427 g/mol. The predicted octanol–water partition coefficient (Wildman–Crippen LogP) is 4.96. The summed E-state index contributed by atoms with van der Waals surface area (Å²) in [6, 6.07) is 25.6. The van der Waals surface area contributed by atoms with Gasteiger partial charge in [-0.15, -0.1) is 0 Å². The summed E-state index contributed by atoms with van der Waals surface area (Å²) in [7, 11) is 0. The number of carbonyl (C=O) groups excluding carboxylic acids is 2. The van der Waals surface area contributed by atoms with E-state index in [0.717, 1.165) is 42.6 Å². The van der Waals surface area contributed by atoms with Crippen molar-refractivity contribution in [2.24, 2.45) is 0 Å². The molecule has 0 unspecified atom stereocenters. The lowest BCUT2D eigenvalue weighted by atomic mass is 10.1. The molecule has 1 aliphatic rings. The van der Waals surface area contributed by atoms with Gasteiger partial charge in [0.2, 0.25) is 5.91 Å². The van der Waals surface area contributed by atoms with Gasteiger partial charge < -0.3 is 10.6 Å². The number of rotatable bonds is 6. The zero-order valence-electron chi connectivity index (χ0n) is 18.2.